The van der Waals surface area contributed by atoms with Crippen LogP contribution in [0.1, 0.15) is 22.7 Å². The molecule has 3 heterocycles. The van der Waals surface area contributed by atoms with Crippen LogP contribution in [0, 0.1) is 6.92 Å². The van der Waals surface area contributed by atoms with Crippen molar-refractivity contribution in [3.63, 3.8) is 0 Å². The zero-order valence-corrected chi connectivity index (χ0v) is 16.0. The van der Waals surface area contributed by atoms with Gasteiger partial charge in [-0.25, -0.2) is 4.68 Å². The minimum atomic E-state index is -0.319. The van der Waals surface area contributed by atoms with Crippen LogP contribution < -0.4 is 15.4 Å². The van der Waals surface area contributed by atoms with Crippen molar-refractivity contribution in [1.29, 1.82) is 0 Å². The average molecular weight is 381 g/mol. The fraction of sp³-hybridized carbons (Fsp3) is 0.211. The van der Waals surface area contributed by atoms with Crippen molar-refractivity contribution < 1.29 is 9.53 Å². The molecule has 2 aromatic heterocycles. The molecule has 1 amide bonds. The van der Waals surface area contributed by atoms with Crippen LogP contribution in [0.15, 0.2) is 54.0 Å². The number of ether oxygens (including phenoxy) is 1. The number of nitrogens with one attached hydrogen (secondary N) is 2. The maximum absolute atomic E-state index is 13.2. The van der Waals surface area contributed by atoms with E-state index in [9.17, 15) is 4.79 Å². The number of thiophene rings is 1. The van der Waals surface area contributed by atoms with Crippen LogP contribution in [0.5, 0.6) is 5.75 Å². The molecule has 8 heteroatoms. The summed E-state index contributed by atoms with van der Waals surface area (Å²) in [4.78, 5) is 19.6. The molecule has 7 nitrogen and oxygen atoms in total. The minimum absolute atomic E-state index is 0.178. The Morgan fingerprint density at radius 3 is 2.67 bits per heavy atom. The first-order valence-corrected chi connectivity index (χ1v) is 9.27. The van der Waals surface area contributed by atoms with Crippen molar-refractivity contribution in [2.75, 3.05) is 17.7 Å². The maximum Gasteiger partial charge on any atom is 0.255 e. The van der Waals surface area contributed by atoms with E-state index in [0.29, 0.717) is 17.2 Å². The van der Waals surface area contributed by atoms with E-state index in [1.54, 1.807) is 23.1 Å². The number of rotatable bonds is 4. The second kappa shape index (κ2) is 6.88. The molecular formula is C19H19N5O2S. The normalized spacial score (nSPS) is 15.9. The zero-order chi connectivity index (χ0) is 19.0. The highest BCUT2D eigenvalue weighted by molar-refractivity contribution is 7.12. The van der Waals surface area contributed by atoms with E-state index >= 15 is 0 Å². The Morgan fingerprint density at radius 2 is 2.00 bits per heavy atom. The number of hydrogen-bond donors (Lipinski definition) is 2. The summed E-state index contributed by atoms with van der Waals surface area (Å²) in [6, 6.07) is 11.0. The number of benzene rings is 1. The second-order valence-electron chi connectivity index (χ2n) is 6.23. The summed E-state index contributed by atoms with van der Waals surface area (Å²) in [6.07, 6.45) is 1.49. The first kappa shape index (κ1) is 17.3. The Bertz CT molecular complexity index is 1020. The lowest BCUT2D eigenvalue weighted by atomic mass is 10.0. The largest absolute Gasteiger partial charge is 0.497 e. The fourth-order valence-electron chi connectivity index (χ4n) is 3.12. The van der Waals surface area contributed by atoms with Gasteiger partial charge in [-0.15, -0.1) is 11.3 Å². The van der Waals surface area contributed by atoms with Crippen molar-refractivity contribution in [1.82, 2.24) is 14.8 Å². The van der Waals surface area contributed by atoms with E-state index in [4.69, 9.17) is 4.74 Å². The van der Waals surface area contributed by atoms with Crippen molar-refractivity contribution in [2.45, 2.75) is 19.9 Å². The first-order valence-electron chi connectivity index (χ1n) is 8.46. The smallest absolute Gasteiger partial charge is 0.255 e. The van der Waals surface area contributed by atoms with Gasteiger partial charge in [0.15, 0.2) is 0 Å². The predicted molar refractivity (Wildman–Crippen MR) is 105 cm³/mol. The van der Waals surface area contributed by atoms with Gasteiger partial charge in [0.1, 0.15) is 18.1 Å². The highest BCUT2D eigenvalue weighted by atomic mass is 32.1. The molecule has 0 radical (unpaired) electrons. The van der Waals surface area contributed by atoms with Gasteiger partial charge in [0, 0.05) is 21.1 Å². The van der Waals surface area contributed by atoms with Crippen LogP contribution in [-0.4, -0.2) is 27.8 Å². The number of hydrogen-bond acceptors (Lipinski definition) is 6. The molecule has 0 saturated carbocycles. The monoisotopic (exact) mass is 381 g/mol. The van der Waals surface area contributed by atoms with Crippen LogP contribution >= 0.6 is 11.3 Å². The lowest BCUT2D eigenvalue weighted by Crippen LogP contribution is -2.31. The Hall–Kier alpha value is -3.13. The summed E-state index contributed by atoms with van der Waals surface area (Å²) in [7, 11) is 1.61. The Morgan fingerprint density at radius 1 is 1.22 bits per heavy atom. The second-order valence-corrected chi connectivity index (χ2v) is 7.54. The van der Waals surface area contributed by atoms with Crippen LogP contribution in [0.25, 0.3) is 0 Å². The van der Waals surface area contributed by atoms with E-state index in [2.05, 4.69) is 20.7 Å². The highest BCUT2D eigenvalue weighted by Gasteiger charge is 2.34. The lowest BCUT2D eigenvalue weighted by molar-refractivity contribution is -0.113. The number of methoxy groups -OCH3 is 1. The SMILES string of the molecule is COc1ccc(NC(=O)C2=C(C)Nc3ncnn3[C@H]2c2ccc(C)s2)cc1. The molecule has 27 heavy (non-hydrogen) atoms. The number of aryl methyl sites for hydroxylation is 1. The van der Waals surface area contributed by atoms with Gasteiger partial charge in [-0.1, -0.05) is 0 Å². The fourth-order valence-corrected chi connectivity index (χ4v) is 4.09. The summed E-state index contributed by atoms with van der Waals surface area (Å²) in [6.45, 7) is 3.93. The molecule has 0 fully saturated rings. The molecule has 0 saturated heterocycles. The molecule has 1 aliphatic rings. The van der Waals surface area contributed by atoms with Gasteiger partial charge in [-0.2, -0.15) is 10.1 Å². The maximum atomic E-state index is 13.2. The van der Waals surface area contributed by atoms with Gasteiger partial charge >= 0.3 is 0 Å². The third-order valence-electron chi connectivity index (χ3n) is 4.42. The van der Waals surface area contributed by atoms with Gasteiger partial charge in [0.25, 0.3) is 5.91 Å². The van der Waals surface area contributed by atoms with Gasteiger partial charge in [-0.05, 0) is 50.2 Å². The number of anilines is 2. The number of carbonyl (C=O) groups excluding carboxylic acids is 1. The van der Waals surface area contributed by atoms with Crippen molar-refractivity contribution in [3.8, 4) is 5.75 Å². The van der Waals surface area contributed by atoms with Crippen molar-refractivity contribution >= 4 is 28.9 Å². The standard InChI is InChI=1S/C19H19N5O2S/c1-11-4-9-15(27-11)17-16(12(2)22-19-20-10-21-24(17)19)18(25)23-13-5-7-14(26-3)8-6-13/h4-10,17H,1-3H3,(H,23,25)(H,20,21,22)/t17-/m0/s1. The van der Waals surface area contributed by atoms with E-state index in [1.807, 2.05) is 50.2 Å². The molecule has 4 rings (SSSR count). The van der Waals surface area contributed by atoms with Gasteiger partial charge in [0.2, 0.25) is 5.95 Å². The van der Waals surface area contributed by atoms with Crippen LogP contribution in [0.4, 0.5) is 11.6 Å². The Kier molecular flexibility index (Phi) is 4.41. The molecule has 0 unspecified atom stereocenters. The summed E-state index contributed by atoms with van der Waals surface area (Å²) < 4.78 is 6.92. The molecule has 3 aromatic rings. The van der Waals surface area contributed by atoms with Crippen LogP contribution in [0.2, 0.25) is 0 Å². The predicted octanol–water partition coefficient (Wildman–Crippen LogP) is 3.58. The summed E-state index contributed by atoms with van der Waals surface area (Å²) >= 11 is 1.65. The molecule has 0 spiro atoms. The molecule has 138 valence electrons. The number of amides is 1. The third kappa shape index (κ3) is 3.19. The molecule has 1 atom stereocenters. The van der Waals surface area contributed by atoms with Crippen molar-refractivity contribution in [2.24, 2.45) is 0 Å². The van der Waals surface area contributed by atoms with E-state index in [0.717, 1.165) is 16.3 Å². The Balaban J connectivity index is 1.70. The van der Waals surface area contributed by atoms with Crippen molar-refractivity contribution in [3.05, 3.63) is 63.7 Å². The number of carbonyl (C=O) groups is 1. The summed E-state index contributed by atoms with van der Waals surface area (Å²) in [5.74, 6) is 1.19. The minimum Gasteiger partial charge on any atom is -0.497 e. The molecule has 0 aliphatic carbocycles. The van der Waals surface area contributed by atoms with E-state index in [1.165, 1.54) is 11.2 Å². The van der Waals surface area contributed by atoms with Gasteiger partial charge in [0.05, 0.1) is 12.7 Å². The van der Waals surface area contributed by atoms with Crippen LogP contribution in [-0.2, 0) is 4.79 Å². The molecular weight excluding hydrogens is 362 g/mol. The number of fused-ring (bicyclic) bond motifs is 1. The number of aromatic nitrogens is 3. The number of nitrogens with zero attached hydrogens (tertiary/aromatic N) is 3. The molecule has 0 bridgehead atoms. The molecule has 2 N–H and O–H groups in total. The third-order valence-corrected chi connectivity index (χ3v) is 5.47. The van der Waals surface area contributed by atoms with E-state index < -0.39 is 0 Å². The zero-order valence-electron chi connectivity index (χ0n) is 15.2. The van der Waals surface area contributed by atoms with E-state index in [-0.39, 0.29) is 11.9 Å². The Labute approximate surface area is 160 Å². The highest BCUT2D eigenvalue weighted by Crippen LogP contribution is 2.38. The topological polar surface area (TPSA) is 81.1 Å². The summed E-state index contributed by atoms with van der Waals surface area (Å²) in [5, 5.41) is 10.5. The molecule has 1 aromatic carbocycles. The molecule has 1 aliphatic heterocycles. The lowest BCUT2D eigenvalue weighted by Gasteiger charge is -2.27. The summed E-state index contributed by atoms with van der Waals surface area (Å²) in [5.41, 5.74) is 2.08. The first-order chi connectivity index (χ1) is 13.1. The van der Waals surface area contributed by atoms with Gasteiger partial charge in [-0.3, -0.25) is 4.79 Å². The van der Waals surface area contributed by atoms with Crippen LogP contribution in [0.3, 0.4) is 0 Å². The quantitative estimate of drug-likeness (QED) is 0.722. The van der Waals surface area contributed by atoms with Gasteiger partial charge < -0.3 is 15.4 Å². The number of allylic oxidation sites excluding steroid dienone is 1. The average Bonchev–Trinajstić information content (AvgIpc) is 3.29.